The standard InChI is InChI=1S/C27H26N4O4/c1-4-31-18(2)29-23-15-21(13-14-24(23)31)26(32)30-28-16-22-7-5-6-8-25(22)35-17-19-9-11-20(12-10-19)27(33)34-3/h5-16H,4,17H2,1-3H3,(H,30,32)/b28-16+. The zero-order valence-electron chi connectivity index (χ0n) is 19.8. The van der Waals surface area contributed by atoms with Crippen LogP contribution in [0.1, 0.15) is 44.6 Å². The van der Waals surface area contributed by atoms with Crippen molar-refractivity contribution < 1.29 is 19.1 Å². The highest BCUT2D eigenvalue weighted by molar-refractivity contribution is 5.98. The fourth-order valence-corrected chi connectivity index (χ4v) is 3.75. The van der Waals surface area contributed by atoms with Crippen molar-refractivity contribution in [2.75, 3.05) is 7.11 Å². The van der Waals surface area contributed by atoms with Crippen LogP contribution < -0.4 is 10.2 Å². The van der Waals surface area contributed by atoms with Crippen LogP contribution in [0.3, 0.4) is 0 Å². The number of fused-ring (bicyclic) bond motifs is 1. The lowest BCUT2D eigenvalue weighted by molar-refractivity contribution is 0.0600. The summed E-state index contributed by atoms with van der Waals surface area (Å²) in [5.41, 5.74) is 6.91. The molecule has 0 radical (unpaired) electrons. The molecule has 0 aliphatic rings. The quantitative estimate of drug-likeness (QED) is 0.233. The first-order valence-corrected chi connectivity index (χ1v) is 11.2. The Morgan fingerprint density at radius 2 is 1.80 bits per heavy atom. The van der Waals surface area contributed by atoms with Crippen molar-refractivity contribution in [3.8, 4) is 5.75 Å². The molecule has 3 aromatic carbocycles. The van der Waals surface area contributed by atoms with Gasteiger partial charge in [-0.1, -0.05) is 24.3 Å². The molecule has 8 nitrogen and oxygen atoms in total. The van der Waals surface area contributed by atoms with Gasteiger partial charge in [-0.3, -0.25) is 4.79 Å². The molecule has 0 unspecified atom stereocenters. The molecule has 1 amide bonds. The minimum atomic E-state index is -0.383. The Morgan fingerprint density at radius 1 is 1.06 bits per heavy atom. The van der Waals surface area contributed by atoms with Crippen LogP contribution >= 0.6 is 0 Å². The number of aryl methyl sites for hydroxylation is 2. The number of nitrogens with zero attached hydrogens (tertiary/aromatic N) is 3. The summed E-state index contributed by atoms with van der Waals surface area (Å²) in [5, 5.41) is 4.11. The Balaban J connectivity index is 1.40. The number of nitrogens with one attached hydrogen (secondary N) is 1. The lowest BCUT2D eigenvalue weighted by atomic mass is 10.1. The van der Waals surface area contributed by atoms with Gasteiger partial charge in [0.15, 0.2) is 0 Å². The van der Waals surface area contributed by atoms with Crippen LogP contribution in [-0.2, 0) is 17.9 Å². The van der Waals surface area contributed by atoms with Gasteiger partial charge in [0, 0.05) is 17.7 Å². The van der Waals surface area contributed by atoms with Crippen LogP contribution in [-0.4, -0.2) is 34.8 Å². The van der Waals surface area contributed by atoms with Crippen molar-refractivity contribution in [3.63, 3.8) is 0 Å². The maximum Gasteiger partial charge on any atom is 0.337 e. The number of carbonyl (C=O) groups excluding carboxylic acids is 2. The minimum absolute atomic E-state index is 0.308. The van der Waals surface area contributed by atoms with Gasteiger partial charge in [0.05, 0.1) is 29.9 Å². The lowest BCUT2D eigenvalue weighted by Crippen LogP contribution is -2.17. The number of esters is 1. The topological polar surface area (TPSA) is 94.8 Å². The molecule has 0 spiro atoms. The monoisotopic (exact) mass is 470 g/mol. The number of hydrogen-bond donors (Lipinski definition) is 1. The second-order valence-corrected chi connectivity index (χ2v) is 7.82. The number of benzene rings is 3. The third-order valence-electron chi connectivity index (χ3n) is 5.58. The zero-order chi connectivity index (χ0) is 24.8. The molecular formula is C27H26N4O4. The average Bonchev–Trinajstić information content (AvgIpc) is 3.21. The van der Waals surface area contributed by atoms with Gasteiger partial charge < -0.3 is 14.0 Å². The van der Waals surface area contributed by atoms with Crippen molar-refractivity contribution in [1.29, 1.82) is 0 Å². The SMILES string of the molecule is CCn1c(C)nc2cc(C(=O)N/N=C/c3ccccc3OCc3ccc(C(=O)OC)cc3)ccc21. The highest BCUT2D eigenvalue weighted by atomic mass is 16.5. The number of carbonyl (C=O) groups is 2. The maximum atomic E-state index is 12.6. The number of hydrazone groups is 1. The minimum Gasteiger partial charge on any atom is -0.488 e. The first-order chi connectivity index (χ1) is 17.0. The van der Waals surface area contributed by atoms with E-state index in [2.05, 4.69) is 27.0 Å². The van der Waals surface area contributed by atoms with Crippen LogP contribution in [0, 0.1) is 6.92 Å². The predicted octanol–water partition coefficient (Wildman–Crippen LogP) is 4.49. The highest BCUT2D eigenvalue weighted by Crippen LogP contribution is 2.19. The number of methoxy groups -OCH3 is 1. The maximum absolute atomic E-state index is 12.6. The number of hydrogen-bond acceptors (Lipinski definition) is 6. The molecule has 0 saturated heterocycles. The van der Waals surface area contributed by atoms with Gasteiger partial charge in [-0.05, 0) is 61.9 Å². The van der Waals surface area contributed by atoms with E-state index in [1.165, 1.54) is 7.11 Å². The van der Waals surface area contributed by atoms with Crippen LogP contribution in [0.5, 0.6) is 5.75 Å². The second kappa shape index (κ2) is 10.6. The molecule has 0 aliphatic carbocycles. The average molecular weight is 471 g/mol. The van der Waals surface area contributed by atoms with E-state index in [0.29, 0.717) is 29.0 Å². The Kier molecular flexibility index (Phi) is 7.21. The normalized spacial score (nSPS) is 11.1. The molecule has 0 bridgehead atoms. The molecule has 0 aliphatic heterocycles. The number of amides is 1. The summed E-state index contributed by atoms with van der Waals surface area (Å²) in [5.74, 6) is 0.821. The summed E-state index contributed by atoms with van der Waals surface area (Å²) < 4.78 is 12.7. The molecule has 0 saturated carbocycles. The number of imidazole rings is 1. The summed E-state index contributed by atoms with van der Waals surface area (Å²) >= 11 is 0. The molecule has 8 heteroatoms. The van der Waals surface area contributed by atoms with Gasteiger partial charge in [0.1, 0.15) is 18.2 Å². The molecule has 178 valence electrons. The predicted molar refractivity (Wildman–Crippen MR) is 134 cm³/mol. The third kappa shape index (κ3) is 5.38. The van der Waals surface area contributed by atoms with E-state index < -0.39 is 0 Å². The molecule has 4 rings (SSSR count). The summed E-state index contributed by atoms with van der Waals surface area (Å²) in [6, 6.07) is 19.8. The number of aromatic nitrogens is 2. The largest absolute Gasteiger partial charge is 0.488 e. The van der Waals surface area contributed by atoms with Crippen molar-refractivity contribution >= 4 is 29.1 Å². The van der Waals surface area contributed by atoms with Gasteiger partial charge >= 0.3 is 5.97 Å². The van der Waals surface area contributed by atoms with Crippen LogP contribution in [0.4, 0.5) is 0 Å². The third-order valence-corrected chi connectivity index (χ3v) is 5.58. The first-order valence-electron chi connectivity index (χ1n) is 11.2. The van der Waals surface area contributed by atoms with E-state index in [-0.39, 0.29) is 11.9 Å². The molecular weight excluding hydrogens is 444 g/mol. The molecule has 1 N–H and O–H groups in total. The van der Waals surface area contributed by atoms with Crippen LogP contribution in [0.15, 0.2) is 71.8 Å². The number of rotatable bonds is 8. The fraction of sp³-hybridized carbons (Fsp3) is 0.185. The fourth-order valence-electron chi connectivity index (χ4n) is 3.75. The molecule has 1 heterocycles. The second-order valence-electron chi connectivity index (χ2n) is 7.82. The Labute approximate surface area is 203 Å². The van der Waals surface area contributed by atoms with E-state index in [4.69, 9.17) is 9.47 Å². The number of para-hydroxylation sites is 1. The van der Waals surface area contributed by atoms with Crippen molar-refractivity contribution in [3.05, 3.63) is 94.8 Å². The molecule has 0 atom stereocenters. The van der Waals surface area contributed by atoms with E-state index in [0.717, 1.165) is 29.0 Å². The van der Waals surface area contributed by atoms with Gasteiger partial charge in [-0.2, -0.15) is 5.10 Å². The van der Waals surface area contributed by atoms with E-state index in [1.54, 1.807) is 30.5 Å². The smallest absolute Gasteiger partial charge is 0.337 e. The molecule has 0 fully saturated rings. The van der Waals surface area contributed by atoms with Crippen molar-refractivity contribution in [2.24, 2.45) is 5.10 Å². The summed E-state index contributed by atoms with van der Waals surface area (Å²) in [6.07, 6.45) is 1.54. The van der Waals surface area contributed by atoms with E-state index >= 15 is 0 Å². The van der Waals surface area contributed by atoms with E-state index in [9.17, 15) is 9.59 Å². The molecule has 35 heavy (non-hydrogen) atoms. The first kappa shape index (κ1) is 23.7. The van der Waals surface area contributed by atoms with Crippen molar-refractivity contribution in [1.82, 2.24) is 15.0 Å². The zero-order valence-corrected chi connectivity index (χ0v) is 19.8. The number of ether oxygens (including phenoxy) is 2. The summed E-state index contributed by atoms with van der Waals surface area (Å²) in [6.45, 7) is 5.14. The molecule has 4 aromatic rings. The van der Waals surface area contributed by atoms with Crippen molar-refractivity contribution in [2.45, 2.75) is 27.0 Å². The van der Waals surface area contributed by atoms with Gasteiger partial charge in [0.2, 0.25) is 0 Å². The Bertz CT molecular complexity index is 1390. The highest BCUT2D eigenvalue weighted by Gasteiger charge is 2.11. The Morgan fingerprint density at radius 3 is 2.54 bits per heavy atom. The van der Waals surface area contributed by atoms with Gasteiger partial charge in [-0.25, -0.2) is 15.2 Å². The lowest BCUT2D eigenvalue weighted by Gasteiger charge is -2.09. The Hall–Kier alpha value is -4.46. The van der Waals surface area contributed by atoms with Crippen LogP contribution in [0.2, 0.25) is 0 Å². The van der Waals surface area contributed by atoms with Gasteiger partial charge in [0.25, 0.3) is 5.91 Å². The summed E-state index contributed by atoms with van der Waals surface area (Å²) in [7, 11) is 1.35. The van der Waals surface area contributed by atoms with E-state index in [1.807, 2.05) is 49.4 Å². The van der Waals surface area contributed by atoms with Gasteiger partial charge in [-0.15, -0.1) is 0 Å². The molecule has 1 aromatic heterocycles. The summed E-state index contributed by atoms with van der Waals surface area (Å²) in [4.78, 5) is 28.7. The van der Waals surface area contributed by atoms with Crippen LogP contribution in [0.25, 0.3) is 11.0 Å².